The average Bonchev–Trinajstić information content (AvgIpc) is 3.27. The van der Waals surface area contributed by atoms with Gasteiger partial charge in [0.15, 0.2) is 16.7 Å². The van der Waals surface area contributed by atoms with Crippen molar-refractivity contribution in [1.82, 2.24) is 14.9 Å². The molecule has 0 radical (unpaired) electrons. The number of carbonyl (C=O) groups excluding carboxylic acids is 1. The molecule has 0 unspecified atom stereocenters. The maximum atomic E-state index is 11.1. The molecule has 0 fully saturated rings. The third-order valence-electron chi connectivity index (χ3n) is 4.43. The number of amides is 1. The SMILES string of the molecule is C=C/C=c1\c(=C(/C)N)nc(Sc2cc3c(cc2Br)OCO3)n1CCCCNC(C)=O. The Morgan fingerprint density at radius 2 is 2.10 bits per heavy atom. The summed E-state index contributed by atoms with van der Waals surface area (Å²) >= 11 is 5.15. The number of allylic oxidation sites excluding steroid dienone is 1. The van der Waals surface area contributed by atoms with Crippen molar-refractivity contribution in [1.29, 1.82) is 0 Å². The Kier molecular flexibility index (Phi) is 7.49. The van der Waals surface area contributed by atoms with Gasteiger partial charge in [0.2, 0.25) is 12.7 Å². The Labute approximate surface area is 188 Å². The first-order valence-corrected chi connectivity index (χ1v) is 11.2. The molecule has 30 heavy (non-hydrogen) atoms. The van der Waals surface area contributed by atoms with E-state index in [9.17, 15) is 4.79 Å². The molecular weight excluding hydrogens is 468 g/mol. The van der Waals surface area contributed by atoms with Gasteiger partial charge in [-0.1, -0.05) is 24.4 Å². The number of nitrogens with two attached hydrogens (primary N) is 1. The molecule has 0 saturated carbocycles. The lowest BCUT2D eigenvalue weighted by atomic mass is 10.3. The Morgan fingerprint density at radius 1 is 1.37 bits per heavy atom. The van der Waals surface area contributed by atoms with Crippen molar-refractivity contribution >= 4 is 45.4 Å². The average molecular weight is 493 g/mol. The number of benzene rings is 1. The van der Waals surface area contributed by atoms with Gasteiger partial charge in [-0.15, -0.1) is 0 Å². The third kappa shape index (κ3) is 5.20. The van der Waals surface area contributed by atoms with Crippen LogP contribution >= 0.6 is 27.7 Å². The minimum absolute atomic E-state index is 0.0159. The maximum Gasteiger partial charge on any atom is 0.231 e. The summed E-state index contributed by atoms with van der Waals surface area (Å²) in [7, 11) is 0. The highest BCUT2D eigenvalue weighted by Crippen LogP contribution is 2.42. The van der Waals surface area contributed by atoms with Crippen LogP contribution in [0.3, 0.4) is 0 Å². The number of ether oxygens (including phenoxy) is 2. The van der Waals surface area contributed by atoms with E-state index in [1.54, 1.807) is 6.08 Å². The molecule has 1 aliphatic rings. The highest BCUT2D eigenvalue weighted by atomic mass is 79.9. The van der Waals surface area contributed by atoms with E-state index in [0.717, 1.165) is 50.4 Å². The molecular formula is C21H25BrN4O3S. The fourth-order valence-electron chi connectivity index (χ4n) is 3.04. The fourth-order valence-corrected chi connectivity index (χ4v) is 4.56. The Hall–Kier alpha value is -2.39. The quantitative estimate of drug-likeness (QED) is 0.550. The zero-order valence-corrected chi connectivity index (χ0v) is 19.4. The van der Waals surface area contributed by atoms with Gasteiger partial charge in [0.05, 0.1) is 5.35 Å². The maximum absolute atomic E-state index is 11.1. The smallest absolute Gasteiger partial charge is 0.231 e. The van der Waals surface area contributed by atoms with Crippen molar-refractivity contribution in [3.63, 3.8) is 0 Å². The van der Waals surface area contributed by atoms with Crippen LogP contribution in [0.15, 0.2) is 39.3 Å². The molecule has 1 aromatic heterocycles. The van der Waals surface area contributed by atoms with Crippen molar-refractivity contribution in [3.05, 3.63) is 40.0 Å². The highest BCUT2D eigenvalue weighted by Gasteiger charge is 2.19. The minimum Gasteiger partial charge on any atom is -0.454 e. The Balaban J connectivity index is 1.94. The molecule has 0 atom stereocenters. The summed E-state index contributed by atoms with van der Waals surface area (Å²) in [6.07, 6.45) is 5.41. The number of unbranched alkanes of at least 4 members (excludes halogenated alkanes) is 1. The Morgan fingerprint density at radius 3 is 2.77 bits per heavy atom. The molecule has 0 spiro atoms. The van der Waals surface area contributed by atoms with Crippen molar-refractivity contribution in [2.24, 2.45) is 5.73 Å². The molecule has 1 aliphatic heterocycles. The molecule has 3 N–H and O–H groups in total. The zero-order chi connectivity index (χ0) is 21.7. The van der Waals surface area contributed by atoms with E-state index in [1.165, 1.54) is 18.7 Å². The summed E-state index contributed by atoms with van der Waals surface area (Å²) in [5.74, 6) is 1.42. The predicted octanol–water partition coefficient (Wildman–Crippen LogP) is 2.50. The normalized spacial score (nSPS) is 14.0. The third-order valence-corrected chi connectivity index (χ3v) is 6.40. The van der Waals surface area contributed by atoms with E-state index in [-0.39, 0.29) is 12.7 Å². The number of nitrogens with one attached hydrogen (secondary N) is 1. The Bertz CT molecular complexity index is 1080. The van der Waals surface area contributed by atoms with Crippen molar-refractivity contribution in [2.75, 3.05) is 13.3 Å². The van der Waals surface area contributed by atoms with Gasteiger partial charge in [0.25, 0.3) is 0 Å². The number of hydrogen-bond acceptors (Lipinski definition) is 6. The summed E-state index contributed by atoms with van der Waals surface area (Å²) in [5.41, 5.74) is 6.76. The first-order chi connectivity index (χ1) is 14.4. The number of nitrogens with zero attached hydrogens (tertiary/aromatic N) is 2. The van der Waals surface area contributed by atoms with Crippen LogP contribution < -0.4 is 31.2 Å². The number of aromatic nitrogens is 2. The van der Waals surface area contributed by atoms with Crippen molar-refractivity contribution in [3.8, 4) is 11.5 Å². The van der Waals surface area contributed by atoms with Crippen LogP contribution in [0.2, 0.25) is 0 Å². The second-order valence-corrected chi connectivity index (χ2v) is 8.66. The molecule has 0 aliphatic carbocycles. The van der Waals surface area contributed by atoms with Gasteiger partial charge >= 0.3 is 0 Å². The summed E-state index contributed by atoms with van der Waals surface area (Å²) < 4.78 is 14.0. The summed E-state index contributed by atoms with van der Waals surface area (Å²) in [5, 5.41) is 5.32. The number of halogens is 1. The second-order valence-electron chi connectivity index (χ2n) is 6.79. The molecule has 1 amide bonds. The monoisotopic (exact) mass is 492 g/mol. The van der Waals surface area contributed by atoms with Gasteiger partial charge in [0, 0.05) is 35.1 Å². The molecule has 0 bridgehead atoms. The summed E-state index contributed by atoms with van der Waals surface area (Å²) in [4.78, 5) is 16.9. The molecule has 160 valence electrons. The molecule has 1 aromatic carbocycles. The molecule has 0 saturated heterocycles. The van der Waals surface area contributed by atoms with E-state index in [1.807, 2.05) is 25.1 Å². The van der Waals surface area contributed by atoms with E-state index in [4.69, 9.17) is 20.2 Å². The second kappa shape index (κ2) is 10.1. The largest absolute Gasteiger partial charge is 0.454 e. The standard InChI is InChI=1S/C21H25BrN4O3S/c1-4-7-16-20(13(2)23)25-21(26(16)9-6-5-8-24-14(3)27)30-19-11-18-17(10-15(19)22)28-12-29-18/h4,7,10-11H,1,5-6,8-9,12,23H2,2-3H3,(H,24,27)/b16-7+,20-13-. The van der Waals surface area contributed by atoms with E-state index < -0.39 is 0 Å². The van der Waals surface area contributed by atoms with Gasteiger partial charge in [-0.3, -0.25) is 4.79 Å². The van der Waals surface area contributed by atoms with Crippen LogP contribution in [-0.4, -0.2) is 28.8 Å². The highest BCUT2D eigenvalue weighted by molar-refractivity contribution is 9.10. The lowest BCUT2D eigenvalue weighted by Crippen LogP contribution is -2.33. The number of rotatable bonds is 8. The van der Waals surface area contributed by atoms with Gasteiger partial charge in [-0.2, -0.15) is 0 Å². The van der Waals surface area contributed by atoms with Crippen molar-refractivity contribution in [2.45, 2.75) is 43.3 Å². The minimum atomic E-state index is -0.0159. The van der Waals surface area contributed by atoms with E-state index in [2.05, 4.69) is 32.4 Å². The molecule has 2 heterocycles. The van der Waals surface area contributed by atoms with E-state index >= 15 is 0 Å². The van der Waals surface area contributed by atoms with Crippen LogP contribution in [0, 0.1) is 0 Å². The van der Waals surface area contributed by atoms with Crippen LogP contribution in [-0.2, 0) is 11.3 Å². The lowest BCUT2D eigenvalue weighted by Gasteiger charge is -2.10. The molecule has 9 heteroatoms. The van der Waals surface area contributed by atoms with Crippen LogP contribution in [0.4, 0.5) is 0 Å². The number of hydrogen-bond donors (Lipinski definition) is 2. The number of imidazole rings is 1. The van der Waals surface area contributed by atoms with Crippen molar-refractivity contribution < 1.29 is 14.3 Å². The predicted molar refractivity (Wildman–Crippen MR) is 122 cm³/mol. The fraction of sp³-hybridized carbons (Fsp3) is 0.333. The molecule has 3 rings (SSSR count). The zero-order valence-electron chi connectivity index (χ0n) is 17.0. The summed E-state index contributed by atoms with van der Waals surface area (Å²) in [6, 6.07) is 3.85. The van der Waals surface area contributed by atoms with E-state index in [0.29, 0.717) is 18.0 Å². The van der Waals surface area contributed by atoms with Gasteiger partial charge < -0.3 is 25.1 Å². The number of carbonyl (C=O) groups is 1. The van der Waals surface area contributed by atoms with Gasteiger partial charge in [-0.05, 0) is 53.9 Å². The summed E-state index contributed by atoms with van der Waals surface area (Å²) in [6.45, 7) is 8.81. The first-order valence-electron chi connectivity index (χ1n) is 9.57. The first kappa shape index (κ1) is 22.3. The topological polar surface area (TPSA) is 91.4 Å². The van der Waals surface area contributed by atoms with Gasteiger partial charge in [0.1, 0.15) is 5.35 Å². The van der Waals surface area contributed by atoms with Crippen LogP contribution in [0.5, 0.6) is 11.5 Å². The molecule has 2 aromatic rings. The lowest BCUT2D eigenvalue weighted by molar-refractivity contribution is -0.118. The van der Waals surface area contributed by atoms with Crippen LogP contribution in [0.25, 0.3) is 11.8 Å². The number of fused-ring (bicyclic) bond motifs is 1. The van der Waals surface area contributed by atoms with Gasteiger partial charge in [-0.25, -0.2) is 4.98 Å². The molecule has 7 nitrogen and oxygen atoms in total. The van der Waals surface area contributed by atoms with Crippen LogP contribution in [0.1, 0.15) is 26.7 Å².